The van der Waals surface area contributed by atoms with Gasteiger partial charge in [-0.25, -0.2) is 0 Å². The summed E-state index contributed by atoms with van der Waals surface area (Å²) < 4.78 is 5.28. The van der Waals surface area contributed by atoms with Crippen molar-refractivity contribution in [1.82, 2.24) is 4.90 Å². The summed E-state index contributed by atoms with van der Waals surface area (Å²) in [6.07, 6.45) is 4.01. The van der Waals surface area contributed by atoms with Gasteiger partial charge in [0.1, 0.15) is 0 Å². The molecule has 0 aromatic carbocycles. The number of rotatable bonds is 6. The first-order chi connectivity index (χ1) is 8.13. The lowest BCUT2D eigenvalue weighted by atomic mass is 9.96. The summed E-state index contributed by atoms with van der Waals surface area (Å²) in [6, 6.07) is 0. The Kier molecular flexibility index (Phi) is 6.56. The lowest BCUT2D eigenvalue weighted by Gasteiger charge is -2.31. The average Bonchev–Trinajstić information content (AvgIpc) is 2.29. The molecule has 1 heterocycles. The maximum Gasteiger partial charge on any atom is 0.309 e. The van der Waals surface area contributed by atoms with Gasteiger partial charge in [-0.2, -0.15) is 0 Å². The second-order valence-electron chi connectivity index (χ2n) is 5.49. The number of unbranched alkanes of at least 4 members (excludes halogenated alkanes) is 1. The molecule has 1 fully saturated rings. The van der Waals surface area contributed by atoms with E-state index in [-0.39, 0.29) is 11.9 Å². The lowest BCUT2D eigenvalue weighted by molar-refractivity contribution is -0.150. The molecule has 0 aromatic heterocycles. The monoisotopic (exact) mass is 241 g/mol. The van der Waals surface area contributed by atoms with Crippen molar-refractivity contribution < 1.29 is 9.53 Å². The molecule has 0 atom stereocenters. The Morgan fingerprint density at radius 3 is 2.53 bits per heavy atom. The molecule has 0 amide bonds. The second-order valence-corrected chi connectivity index (χ2v) is 5.49. The molecule has 100 valence electrons. The van der Waals surface area contributed by atoms with E-state index >= 15 is 0 Å². The number of hydrogen-bond acceptors (Lipinski definition) is 3. The molecule has 0 bridgehead atoms. The Morgan fingerprint density at radius 1 is 1.35 bits per heavy atom. The molecule has 1 aliphatic rings. The summed E-state index contributed by atoms with van der Waals surface area (Å²) in [4.78, 5) is 14.2. The zero-order valence-electron chi connectivity index (χ0n) is 11.6. The van der Waals surface area contributed by atoms with Gasteiger partial charge in [0.05, 0.1) is 12.5 Å². The number of likely N-dealkylation sites (tertiary alicyclic amines) is 1. The minimum absolute atomic E-state index is 0.0302. The van der Waals surface area contributed by atoms with E-state index in [1.165, 1.54) is 0 Å². The van der Waals surface area contributed by atoms with Crippen LogP contribution in [0.25, 0.3) is 0 Å². The molecule has 3 nitrogen and oxygen atoms in total. The van der Waals surface area contributed by atoms with Gasteiger partial charge in [0.25, 0.3) is 0 Å². The maximum absolute atomic E-state index is 11.8. The smallest absolute Gasteiger partial charge is 0.309 e. The summed E-state index contributed by atoms with van der Waals surface area (Å²) >= 11 is 0. The van der Waals surface area contributed by atoms with Crippen LogP contribution in [0.2, 0.25) is 0 Å². The van der Waals surface area contributed by atoms with Crippen molar-refractivity contribution in [3.63, 3.8) is 0 Å². The van der Waals surface area contributed by atoms with E-state index < -0.39 is 0 Å². The summed E-state index contributed by atoms with van der Waals surface area (Å²) in [5.41, 5.74) is 0. The molecule has 0 aromatic rings. The van der Waals surface area contributed by atoms with Crippen LogP contribution in [0.5, 0.6) is 0 Å². The van der Waals surface area contributed by atoms with Crippen LogP contribution in [-0.4, -0.2) is 37.1 Å². The third-order valence-electron chi connectivity index (χ3n) is 3.29. The van der Waals surface area contributed by atoms with Gasteiger partial charge in [0, 0.05) is 6.54 Å². The zero-order chi connectivity index (χ0) is 12.7. The molecule has 0 N–H and O–H groups in total. The van der Waals surface area contributed by atoms with Gasteiger partial charge < -0.3 is 9.64 Å². The second kappa shape index (κ2) is 7.70. The van der Waals surface area contributed by atoms with E-state index in [1.807, 2.05) is 0 Å². The van der Waals surface area contributed by atoms with Crippen molar-refractivity contribution in [2.24, 2.45) is 11.8 Å². The van der Waals surface area contributed by atoms with Crippen molar-refractivity contribution in [1.29, 1.82) is 0 Å². The number of carbonyl (C=O) groups excluding carboxylic acids is 1. The van der Waals surface area contributed by atoms with Crippen LogP contribution < -0.4 is 0 Å². The van der Waals surface area contributed by atoms with Crippen LogP contribution in [-0.2, 0) is 9.53 Å². The summed E-state index contributed by atoms with van der Waals surface area (Å²) in [5, 5.41) is 0. The van der Waals surface area contributed by atoms with Crippen LogP contribution in [0, 0.1) is 11.8 Å². The van der Waals surface area contributed by atoms with Crippen molar-refractivity contribution in [2.75, 3.05) is 26.2 Å². The fraction of sp³-hybridized carbons (Fsp3) is 0.929. The molecule has 0 unspecified atom stereocenters. The number of ether oxygens (including phenoxy) is 1. The molecular weight excluding hydrogens is 214 g/mol. The van der Waals surface area contributed by atoms with Gasteiger partial charge in [-0.15, -0.1) is 0 Å². The zero-order valence-corrected chi connectivity index (χ0v) is 11.6. The van der Waals surface area contributed by atoms with Crippen LogP contribution in [0.3, 0.4) is 0 Å². The Balaban J connectivity index is 2.19. The minimum atomic E-state index is 0.0302. The van der Waals surface area contributed by atoms with E-state index in [1.54, 1.807) is 0 Å². The van der Waals surface area contributed by atoms with Crippen LogP contribution in [0.1, 0.15) is 46.5 Å². The van der Waals surface area contributed by atoms with Gasteiger partial charge in [0.15, 0.2) is 0 Å². The molecular formula is C14H27NO2. The topological polar surface area (TPSA) is 29.5 Å². The molecule has 1 rings (SSSR count). The fourth-order valence-corrected chi connectivity index (χ4v) is 2.30. The first-order valence-corrected chi connectivity index (χ1v) is 7.02. The first-order valence-electron chi connectivity index (χ1n) is 7.02. The van der Waals surface area contributed by atoms with Crippen LogP contribution in [0.4, 0.5) is 0 Å². The van der Waals surface area contributed by atoms with Crippen LogP contribution >= 0.6 is 0 Å². The first kappa shape index (κ1) is 14.5. The molecule has 3 heteroatoms. The Hall–Kier alpha value is -0.570. The molecule has 17 heavy (non-hydrogen) atoms. The van der Waals surface area contributed by atoms with Crippen molar-refractivity contribution >= 4 is 5.97 Å². The highest BCUT2D eigenvalue weighted by Crippen LogP contribution is 2.19. The van der Waals surface area contributed by atoms with Crippen LogP contribution in [0.15, 0.2) is 0 Å². The predicted molar refractivity (Wildman–Crippen MR) is 69.9 cm³/mol. The Labute approximate surface area is 106 Å². The van der Waals surface area contributed by atoms with Crippen molar-refractivity contribution in [2.45, 2.75) is 46.5 Å². The fourth-order valence-electron chi connectivity index (χ4n) is 2.30. The average molecular weight is 241 g/mol. The third-order valence-corrected chi connectivity index (χ3v) is 3.29. The van der Waals surface area contributed by atoms with Gasteiger partial charge in [0.2, 0.25) is 0 Å². The minimum Gasteiger partial charge on any atom is -0.465 e. The molecule has 0 spiro atoms. The standard InChI is InChI=1S/C14H27NO2/c1-4-5-10-17-14(16)13-6-8-15(9-7-13)11-12(2)3/h12-13H,4-11H2,1-3H3. The molecule has 0 radical (unpaired) electrons. The largest absolute Gasteiger partial charge is 0.465 e. The molecule has 1 aliphatic heterocycles. The summed E-state index contributed by atoms with van der Waals surface area (Å²) in [6.45, 7) is 10.4. The summed E-state index contributed by atoms with van der Waals surface area (Å²) in [7, 11) is 0. The molecule has 1 saturated heterocycles. The number of esters is 1. The normalized spacial score (nSPS) is 18.6. The lowest BCUT2D eigenvalue weighted by Crippen LogP contribution is -2.38. The van der Waals surface area contributed by atoms with Crippen molar-refractivity contribution in [3.8, 4) is 0 Å². The molecule has 0 saturated carbocycles. The Bertz CT molecular complexity index is 220. The van der Waals surface area contributed by atoms with E-state index in [9.17, 15) is 4.79 Å². The van der Waals surface area contributed by atoms with E-state index in [0.717, 1.165) is 45.3 Å². The third kappa shape index (κ3) is 5.53. The van der Waals surface area contributed by atoms with Gasteiger partial charge >= 0.3 is 5.97 Å². The highest BCUT2D eigenvalue weighted by Gasteiger charge is 2.26. The number of piperidine rings is 1. The SMILES string of the molecule is CCCCOC(=O)C1CCN(CC(C)C)CC1. The van der Waals surface area contributed by atoms with E-state index in [0.29, 0.717) is 12.5 Å². The highest BCUT2D eigenvalue weighted by molar-refractivity contribution is 5.72. The summed E-state index contributed by atoms with van der Waals surface area (Å²) in [5.74, 6) is 0.890. The number of hydrogen-bond donors (Lipinski definition) is 0. The van der Waals surface area contributed by atoms with E-state index in [2.05, 4.69) is 25.7 Å². The van der Waals surface area contributed by atoms with Gasteiger partial charge in [-0.1, -0.05) is 27.2 Å². The number of carbonyl (C=O) groups is 1. The van der Waals surface area contributed by atoms with Gasteiger partial charge in [-0.3, -0.25) is 4.79 Å². The number of nitrogens with zero attached hydrogens (tertiary/aromatic N) is 1. The van der Waals surface area contributed by atoms with E-state index in [4.69, 9.17) is 4.74 Å². The molecule has 0 aliphatic carbocycles. The predicted octanol–water partition coefficient (Wildman–Crippen LogP) is 2.70. The Morgan fingerprint density at radius 2 is 2.00 bits per heavy atom. The highest BCUT2D eigenvalue weighted by atomic mass is 16.5. The van der Waals surface area contributed by atoms with Gasteiger partial charge in [-0.05, 0) is 38.3 Å². The maximum atomic E-state index is 11.8. The van der Waals surface area contributed by atoms with Crippen molar-refractivity contribution in [3.05, 3.63) is 0 Å². The quantitative estimate of drug-likeness (QED) is 0.529.